The minimum atomic E-state index is -0.313. The van der Waals surface area contributed by atoms with Crippen molar-refractivity contribution in [3.8, 4) is 23.0 Å². The Morgan fingerprint density at radius 3 is 2.54 bits per heavy atom. The van der Waals surface area contributed by atoms with Crippen molar-refractivity contribution in [3.63, 3.8) is 0 Å². The van der Waals surface area contributed by atoms with Gasteiger partial charge in [-0.2, -0.15) is 0 Å². The van der Waals surface area contributed by atoms with Crippen LogP contribution >= 0.6 is 0 Å². The molecule has 3 aliphatic rings. The number of ether oxygens (including phenoxy) is 2. The lowest BCUT2D eigenvalue weighted by molar-refractivity contribution is 0.0663. The van der Waals surface area contributed by atoms with Gasteiger partial charge in [0.1, 0.15) is 11.5 Å². The van der Waals surface area contributed by atoms with Crippen LogP contribution in [0.3, 0.4) is 0 Å². The fourth-order valence-corrected chi connectivity index (χ4v) is 5.43. The number of benzene rings is 3. The molecule has 0 bridgehead atoms. The zero-order chi connectivity index (χ0) is 28.3. The molecule has 1 N–H and O–H groups in total. The van der Waals surface area contributed by atoms with Crippen LogP contribution in [0, 0.1) is 12.4 Å². The summed E-state index contributed by atoms with van der Waals surface area (Å²) in [6.45, 7) is 7.50. The third kappa shape index (κ3) is 5.34. The number of hydrogen-bond donors (Lipinski definition) is 1. The summed E-state index contributed by atoms with van der Waals surface area (Å²) < 4.78 is 27.0. The number of rotatable bonds is 6. The van der Waals surface area contributed by atoms with Gasteiger partial charge < -0.3 is 19.4 Å². The molecule has 0 spiro atoms. The number of nitrogens with zero attached hydrogens (tertiary/aromatic N) is 5. The Morgan fingerprint density at radius 1 is 1.00 bits per heavy atom. The number of halogens is 1. The zero-order valence-corrected chi connectivity index (χ0v) is 22.8. The summed E-state index contributed by atoms with van der Waals surface area (Å²) in [6, 6.07) is 19.7. The highest BCUT2D eigenvalue weighted by Crippen LogP contribution is 2.33. The van der Waals surface area contributed by atoms with Gasteiger partial charge in [-0.25, -0.2) is 19.2 Å². The van der Waals surface area contributed by atoms with Crippen LogP contribution < -0.4 is 15.4 Å². The van der Waals surface area contributed by atoms with E-state index in [0.29, 0.717) is 28.5 Å². The second-order valence-corrected chi connectivity index (χ2v) is 10.0. The minimum absolute atomic E-state index is 0.143. The number of anilines is 2. The Labute approximate surface area is 237 Å². The van der Waals surface area contributed by atoms with Gasteiger partial charge in [-0.1, -0.05) is 6.07 Å². The van der Waals surface area contributed by atoms with Crippen LogP contribution in [-0.2, 0) is 4.74 Å². The molecule has 6 rings (SSSR count). The highest BCUT2D eigenvalue weighted by molar-refractivity contribution is 5.86. The number of pyridine rings is 1. The molecule has 9 heteroatoms. The molecule has 41 heavy (non-hydrogen) atoms. The Hall–Kier alpha value is -4.81. The second-order valence-electron chi connectivity index (χ2n) is 10.0. The van der Waals surface area contributed by atoms with E-state index in [1.54, 1.807) is 44.7 Å². The molecular formula is C32H29FN6O2. The summed E-state index contributed by atoms with van der Waals surface area (Å²) >= 11 is 0. The van der Waals surface area contributed by atoms with E-state index in [9.17, 15) is 4.39 Å². The molecule has 0 radical (unpaired) electrons. The number of fused-ring (bicyclic) bond motifs is 2. The normalized spacial score (nSPS) is 17.5. The molecule has 3 aromatic rings. The Bertz CT molecular complexity index is 1790. The first kappa shape index (κ1) is 26.4. The first-order valence-corrected chi connectivity index (χ1v) is 13.5. The summed E-state index contributed by atoms with van der Waals surface area (Å²) in [7, 11) is 3.35. The largest absolute Gasteiger partial charge is 0.480 e. The Morgan fingerprint density at radius 2 is 1.80 bits per heavy atom. The van der Waals surface area contributed by atoms with Crippen molar-refractivity contribution < 1.29 is 13.9 Å². The lowest BCUT2D eigenvalue weighted by Gasteiger charge is -2.25. The molecule has 1 aliphatic heterocycles. The molecule has 0 atom stereocenters. The lowest BCUT2D eigenvalue weighted by atomic mass is 9.93. The number of methoxy groups -OCH3 is 2. The fraction of sp³-hybridized carbons (Fsp3) is 0.250. The van der Waals surface area contributed by atoms with E-state index >= 15 is 0 Å². The van der Waals surface area contributed by atoms with Gasteiger partial charge in [-0.05, 0) is 86.3 Å². The number of aromatic nitrogens is 3. The summed E-state index contributed by atoms with van der Waals surface area (Å²) in [6.07, 6.45) is 5.73. The molecule has 0 amide bonds. The van der Waals surface area contributed by atoms with Gasteiger partial charge in [0, 0.05) is 19.0 Å². The molecule has 206 valence electrons. The highest BCUT2D eigenvalue weighted by atomic mass is 19.1. The van der Waals surface area contributed by atoms with Crippen LogP contribution in [-0.4, -0.2) is 40.9 Å². The smallest absolute Gasteiger partial charge is 0.237 e. The number of nitrogens with one attached hydrogen (secondary N) is 1. The van der Waals surface area contributed by atoms with Gasteiger partial charge >= 0.3 is 0 Å². The maximum Gasteiger partial charge on any atom is 0.237 e. The monoisotopic (exact) mass is 548 g/mol. The molecule has 1 fully saturated rings. The van der Waals surface area contributed by atoms with Crippen molar-refractivity contribution >= 4 is 28.1 Å². The van der Waals surface area contributed by atoms with Gasteiger partial charge in [-0.15, -0.1) is 0 Å². The Kier molecular flexibility index (Phi) is 7.32. The van der Waals surface area contributed by atoms with E-state index in [1.807, 2.05) is 34.9 Å². The maximum absolute atomic E-state index is 13.9. The molecular weight excluding hydrogens is 519 g/mol. The SMILES string of the molecule is [C-]#[N+]c1ccc2c(c1)nc1cc(Nc3cccnc3OC)/c(=N/C3CCC(OC)CC3)cc-1n2-c1ccc(F)cc1. The van der Waals surface area contributed by atoms with Crippen LogP contribution in [0.25, 0.3) is 33.0 Å². The molecule has 8 nitrogen and oxygen atoms in total. The molecule has 2 aliphatic carbocycles. The van der Waals surface area contributed by atoms with Crippen molar-refractivity contribution in [2.45, 2.75) is 37.8 Å². The van der Waals surface area contributed by atoms with Crippen LogP contribution in [0.2, 0.25) is 0 Å². The summed E-state index contributed by atoms with van der Waals surface area (Å²) in [5.41, 5.74) is 5.70. The predicted molar refractivity (Wildman–Crippen MR) is 157 cm³/mol. The summed E-state index contributed by atoms with van der Waals surface area (Å²) in [5, 5.41) is 4.25. The van der Waals surface area contributed by atoms with E-state index in [2.05, 4.69) is 15.1 Å². The van der Waals surface area contributed by atoms with Gasteiger partial charge in [0.2, 0.25) is 5.88 Å². The summed E-state index contributed by atoms with van der Waals surface area (Å²) in [4.78, 5) is 18.1. The van der Waals surface area contributed by atoms with E-state index in [-0.39, 0.29) is 18.0 Å². The van der Waals surface area contributed by atoms with E-state index in [0.717, 1.165) is 53.6 Å². The second kappa shape index (κ2) is 11.4. The molecule has 1 saturated carbocycles. The first-order chi connectivity index (χ1) is 20.1. The van der Waals surface area contributed by atoms with Crippen LogP contribution in [0.5, 0.6) is 5.88 Å². The molecule has 2 heterocycles. The van der Waals surface area contributed by atoms with Crippen molar-refractivity contribution in [2.24, 2.45) is 4.99 Å². The molecule has 2 aromatic carbocycles. The first-order valence-electron chi connectivity index (χ1n) is 13.5. The predicted octanol–water partition coefficient (Wildman–Crippen LogP) is 6.83. The molecule has 1 aromatic heterocycles. The van der Waals surface area contributed by atoms with E-state index in [4.69, 9.17) is 26.0 Å². The number of hydrogen-bond acceptors (Lipinski definition) is 6. The molecule has 0 saturated heterocycles. The maximum atomic E-state index is 13.9. The average Bonchev–Trinajstić information content (AvgIpc) is 3.01. The van der Waals surface area contributed by atoms with Gasteiger partial charge in [0.05, 0.1) is 59.3 Å². The standard InChI is InChI=1S/C32H29FN6O2/c1-34-22-10-15-30-28(17-22)38-29-18-26(37-25-5-4-16-35-32(25)41-3)27(36-21-8-13-24(40-2)14-9-21)19-31(29)39(30)23-11-6-20(33)7-12-23/h4-7,10-12,15-19,21,24,37H,8-9,13-14H2,2-3H3/b36-27+. The van der Waals surface area contributed by atoms with Crippen molar-refractivity contribution in [1.29, 1.82) is 0 Å². The minimum Gasteiger partial charge on any atom is -0.480 e. The van der Waals surface area contributed by atoms with Gasteiger partial charge in [0.15, 0.2) is 5.69 Å². The van der Waals surface area contributed by atoms with E-state index < -0.39 is 0 Å². The lowest BCUT2D eigenvalue weighted by Crippen LogP contribution is -2.25. The topological polar surface area (TPSA) is 77.9 Å². The highest BCUT2D eigenvalue weighted by Gasteiger charge is 2.22. The zero-order valence-electron chi connectivity index (χ0n) is 22.8. The third-order valence-electron chi connectivity index (χ3n) is 7.52. The summed E-state index contributed by atoms with van der Waals surface area (Å²) in [5.74, 6) is 0.153. The van der Waals surface area contributed by atoms with Crippen molar-refractivity contribution in [1.82, 2.24) is 14.5 Å². The van der Waals surface area contributed by atoms with Crippen molar-refractivity contribution in [3.05, 3.63) is 95.5 Å². The van der Waals surface area contributed by atoms with Crippen LogP contribution in [0.15, 0.2) is 77.9 Å². The van der Waals surface area contributed by atoms with E-state index in [1.165, 1.54) is 12.1 Å². The third-order valence-corrected chi connectivity index (χ3v) is 7.52. The van der Waals surface area contributed by atoms with Crippen LogP contribution in [0.1, 0.15) is 25.7 Å². The fourth-order valence-electron chi connectivity index (χ4n) is 5.43. The average molecular weight is 549 g/mol. The van der Waals surface area contributed by atoms with Gasteiger partial charge in [0.25, 0.3) is 0 Å². The Balaban J connectivity index is 1.61. The van der Waals surface area contributed by atoms with Crippen LogP contribution in [0.4, 0.5) is 21.5 Å². The van der Waals surface area contributed by atoms with Crippen molar-refractivity contribution in [2.75, 3.05) is 19.5 Å². The quantitative estimate of drug-likeness (QED) is 0.186. The van der Waals surface area contributed by atoms with Gasteiger partial charge in [-0.3, -0.25) is 4.99 Å². The molecule has 0 unspecified atom stereocenters.